The first-order chi connectivity index (χ1) is 11.7. The standard InChI is InChI=1S/C20H33N3O/c1-17-6-5-9-19(21-17)15-22-11-12-23(20(16-22)10-13-24)14-18-7-3-2-4-8-18/h5-6,9,18,20,24H,2-4,7-8,10-16H2,1H3/t20-/m1/s1. The van der Waals surface area contributed by atoms with Gasteiger partial charge in [-0.1, -0.05) is 25.3 Å². The summed E-state index contributed by atoms with van der Waals surface area (Å²) in [4.78, 5) is 9.82. The van der Waals surface area contributed by atoms with E-state index in [2.05, 4.69) is 39.9 Å². The molecular formula is C20H33N3O. The van der Waals surface area contributed by atoms with Gasteiger partial charge in [0, 0.05) is 51.1 Å². The van der Waals surface area contributed by atoms with E-state index < -0.39 is 0 Å². The third kappa shape index (κ3) is 5.01. The second-order valence-corrected chi connectivity index (χ2v) is 7.67. The first kappa shape index (κ1) is 17.8. The van der Waals surface area contributed by atoms with Crippen molar-refractivity contribution >= 4 is 0 Å². The predicted octanol–water partition coefficient (Wildman–Crippen LogP) is 2.84. The Bertz CT molecular complexity index is 501. The molecule has 1 aliphatic heterocycles. The lowest BCUT2D eigenvalue weighted by Crippen LogP contribution is -2.54. The van der Waals surface area contributed by atoms with Crippen LogP contribution in [0, 0.1) is 12.8 Å². The Balaban J connectivity index is 1.55. The highest BCUT2D eigenvalue weighted by Crippen LogP contribution is 2.26. The molecule has 2 heterocycles. The molecule has 134 valence electrons. The number of piperazine rings is 1. The van der Waals surface area contributed by atoms with Crippen LogP contribution in [0.25, 0.3) is 0 Å². The summed E-state index contributed by atoms with van der Waals surface area (Å²) in [5, 5.41) is 9.50. The molecule has 0 aromatic carbocycles. The summed E-state index contributed by atoms with van der Waals surface area (Å²) in [5.41, 5.74) is 2.26. The summed E-state index contributed by atoms with van der Waals surface area (Å²) in [5.74, 6) is 0.880. The van der Waals surface area contributed by atoms with Gasteiger partial charge in [0.2, 0.25) is 0 Å². The van der Waals surface area contributed by atoms with Crippen molar-refractivity contribution in [2.75, 3.05) is 32.8 Å². The first-order valence-electron chi connectivity index (χ1n) is 9.74. The van der Waals surface area contributed by atoms with E-state index in [0.29, 0.717) is 12.6 Å². The number of nitrogens with zero attached hydrogens (tertiary/aromatic N) is 3. The van der Waals surface area contributed by atoms with Gasteiger partial charge in [-0.25, -0.2) is 0 Å². The Morgan fingerprint density at radius 2 is 2.00 bits per heavy atom. The van der Waals surface area contributed by atoms with Gasteiger partial charge in [-0.05, 0) is 44.2 Å². The molecule has 24 heavy (non-hydrogen) atoms. The van der Waals surface area contributed by atoms with E-state index >= 15 is 0 Å². The Morgan fingerprint density at radius 1 is 1.17 bits per heavy atom. The Hall–Kier alpha value is -0.970. The lowest BCUT2D eigenvalue weighted by atomic mass is 9.88. The fraction of sp³-hybridized carbons (Fsp3) is 0.750. The van der Waals surface area contributed by atoms with Gasteiger partial charge in [0.15, 0.2) is 0 Å². The molecule has 0 bridgehead atoms. The third-order valence-electron chi connectivity index (χ3n) is 5.70. The average Bonchev–Trinajstić information content (AvgIpc) is 2.58. The lowest BCUT2D eigenvalue weighted by molar-refractivity contribution is 0.0395. The molecule has 4 nitrogen and oxygen atoms in total. The van der Waals surface area contributed by atoms with Crippen molar-refractivity contribution in [3.8, 4) is 0 Å². The minimum atomic E-state index is 0.294. The molecular weight excluding hydrogens is 298 g/mol. The molecule has 0 spiro atoms. The van der Waals surface area contributed by atoms with Crippen molar-refractivity contribution in [3.63, 3.8) is 0 Å². The van der Waals surface area contributed by atoms with Crippen molar-refractivity contribution < 1.29 is 5.11 Å². The number of aryl methyl sites for hydroxylation is 1. The lowest BCUT2D eigenvalue weighted by Gasteiger charge is -2.43. The maximum atomic E-state index is 9.50. The number of pyridine rings is 1. The largest absolute Gasteiger partial charge is 0.396 e. The van der Waals surface area contributed by atoms with Crippen LogP contribution in [0.4, 0.5) is 0 Å². The fourth-order valence-electron chi connectivity index (χ4n) is 4.38. The van der Waals surface area contributed by atoms with E-state index in [1.54, 1.807) is 0 Å². The molecule has 1 saturated heterocycles. The van der Waals surface area contributed by atoms with Gasteiger partial charge in [0.05, 0.1) is 5.69 Å². The maximum absolute atomic E-state index is 9.50. The van der Waals surface area contributed by atoms with Crippen LogP contribution in [0.2, 0.25) is 0 Å². The van der Waals surface area contributed by atoms with Gasteiger partial charge in [-0.3, -0.25) is 14.8 Å². The maximum Gasteiger partial charge on any atom is 0.0547 e. The van der Waals surface area contributed by atoms with Gasteiger partial charge < -0.3 is 5.11 Å². The molecule has 1 aromatic rings. The molecule has 2 fully saturated rings. The molecule has 0 amide bonds. The SMILES string of the molecule is Cc1cccc(CN2CCN(CC3CCCCC3)[C@H](CCO)C2)n1. The van der Waals surface area contributed by atoms with Crippen molar-refractivity contribution in [1.29, 1.82) is 0 Å². The Kier molecular flexibility index (Phi) is 6.64. The molecule has 3 rings (SSSR count). The van der Waals surface area contributed by atoms with Gasteiger partial charge in [0.1, 0.15) is 0 Å². The monoisotopic (exact) mass is 331 g/mol. The van der Waals surface area contributed by atoms with Gasteiger partial charge in [0.25, 0.3) is 0 Å². The molecule has 1 aromatic heterocycles. The smallest absolute Gasteiger partial charge is 0.0547 e. The molecule has 1 aliphatic carbocycles. The number of hydrogen-bond donors (Lipinski definition) is 1. The first-order valence-corrected chi connectivity index (χ1v) is 9.74. The molecule has 0 unspecified atom stereocenters. The van der Waals surface area contributed by atoms with Crippen molar-refractivity contribution in [1.82, 2.24) is 14.8 Å². The Labute approximate surface area is 146 Å². The zero-order valence-electron chi connectivity index (χ0n) is 15.2. The topological polar surface area (TPSA) is 39.6 Å². The van der Waals surface area contributed by atoms with Crippen molar-refractivity contribution in [2.45, 2.75) is 58.0 Å². The molecule has 1 atom stereocenters. The zero-order chi connectivity index (χ0) is 16.8. The normalized spacial score (nSPS) is 24.3. The highest BCUT2D eigenvalue weighted by molar-refractivity contribution is 5.10. The summed E-state index contributed by atoms with van der Waals surface area (Å²) in [6, 6.07) is 6.78. The summed E-state index contributed by atoms with van der Waals surface area (Å²) in [7, 11) is 0. The molecule has 1 saturated carbocycles. The van der Waals surface area contributed by atoms with E-state index in [1.165, 1.54) is 44.3 Å². The fourth-order valence-corrected chi connectivity index (χ4v) is 4.38. The second kappa shape index (κ2) is 8.93. The number of aromatic nitrogens is 1. The second-order valence-electron chi connectivity index (χ2n) is 7.67. The van der Waals surface area contributed by atoms with E-state index in [9.17, 15) is 5.11 Å². The summed E-state index contributed by atoms with van der Waals surface area (Å²) in [6.07, 6.45) is 7.94. The number of rotatable bonds is 6. The predicted molar refractivity (Wildman–Crippen MR) is 97.9 cm³/mol. The van der Waals surface area contributed by atoms with Gasteiger partial charge >= 0.3 is 0 Å². The summed E-state index contributed by atoms with van der Waals surface area (Å²) >= 11 is 0. The van der Waals surface area contributed by atoms with Crippen LogP contribution in [0.15, 0.2) is 18.2 Å². The molecule has 4 heteroatoms. The average molecular weight is 332 g/mol. The van der Waals surface area contributed by atoms with E-state index in [0.717, 1.165) is 44.2 Å². The zero-order valence-corrected chi connectivity index (χ0v) is 15.2. The molecule has 2 aliphatic rings. The van der Waals surface area contributed by atoms with Crippen LogP contribution in [-0.2, 0) is 6.54 Å². The van der Waals surface area contributed by atoms with E-state index in [4.69, 9.17) is 0 Å². The van der Waals surface area contributed by atoms with Crippen LogP contribution in [0.5, 0.6) is 0 Å². The third-order valence-corrected chi connectivity index (χ3v) is 5.70. The molecule has 0 radical (unpaired) electrons. The van der Waals surface area contributed by atoms with Gasteiger partial charge in [-0.2, -0.15) is 0 Å². The number of hydrogen-bond acceptors (Lipinski definition) is 4. The van der Waals surface area contributed by atoms with Crippen molar-refractivity contribution in [3.05, 3.63) is 29.6 Å². The van der Waals surface area contributed by atoms with Crippen LogP contribution in [0.1, 0.15) is 49.9 Å². The number of aliphatic hydroxyl groups is 1. The number of aliphatic hydroxyl groups excluding tert-OH is 1. The summed E-state index contributed by atoms with van der Waals surface area (Å²) in [6.45, 7) is 7.82. The van der Waals surface area contributed by atoms with E-state index in [1.807, 2.05) is 0 Å². The van der Waals surface area contributed by atoms with Crippen LogP contribution in [-0.4, -0.2) is 58.7 Å². The van der Waals surface area contributed by atoms with Crippen molar-refractivity contribution in [2.24, 2.45) is 5.92 Å². The van der Waals surface area contributed by atoms with Gasteiger partial charge in [-0.15, -0.1) is 0 Å². The minimum absolute atomic E-state index is 0.294. The minimum Gasteiger partial charge on any atom is -0.396 e. The highest BCUT2D eigenvalue weighted by atomic mass is 16.3. The highest BCUT2D eigenvalue weighted by Gasteiger charge is 2.29. The quantitative estimate of drug-likeness (QED) is 0.870. The van der Waals surface area contributed by atoms with E-state index in [-0.39, 0.29) is 0 Å². The summed E-state index contributed by atoms with van der Waals surface area (Å²) < 4.78 is 0. The Morgan fingerprint density at radius 3 is 2.75 bits per heavy atom. The molecule has 1 N–H and O–H groups in total. The van der Waals surface area contributed by atoms with Crippen LogP contribution in [0.3, 0.4) is 0 Å². The van der Waals surface area contributed by atoms with Crippen LogP contribution < -0.4 is 0 Å². The van der Waals surface area contributed by atoms with Crippen LogP contribution >= 0.6 is 0 Å².